The lowest BCUT2D eigenvalue weighted by molar-refractivity contribution is -0.251. The highest BCUT2D eigenvalue weighted by atomic mass is 19.1. The number of nitrogens with zero attached hydrogens (tertiary/aromatic N) is 2. The monoisotopic (exact) mass is 362 g/mol. The molecular formula is C18H19FN2O5. The Morgan fingerprint density at radius 2 is 1.96 bits per heavy atom. The maximum atomic E-state index is 13.2. The first-order chi connectivity index (χ1) is 12.6. The van der Waals surface area contributed by atoms with E-state index < -0.39 is 17.8 Å². The fourth-order valence-electron chi connectivity index (χ4n) is 3.64. The highest BCUT2D eigenvalue weighted by molar-refractivity contribution is 6.31. The summed E-state index contributed by atoms with van der Waals surface area (Å²) >= 11 is 0. The van der Waals surface area contributed by atoms with E-state index in [0.29, 0.717) is 37.9 Å². The molecule has 2 aliphatic rings. The van der Waals surface area contributed by atoms with Crippen molar-refractivity contribution in [2.45, 2.75) is 44.4 Å². The van der Waals surface area contributed by atoms with Crippen LogP contribution < -0.4 is 0 Å². The van der Waals surface area contributed by atoms with E-state index in [1.54, 1.807) is 6.07 Å². The molecule has 0 unspecified atom stereocenters. The quantitative estimate of drug-likeness (QED) is 0.610. The number of aromatic nitrogens is 1. The smallest absolute Gasteiger partial charge is 0.400 e. The summed E-state index contributed by atoms with van der Waals surface area (Å²) in [6, 6.07) is 4.35. The Bertz CT molecular complexity index is 833. The summed E-state index contributed by atoms with van der Waals surface area (Å²) in [6.07, 6.45) is 4.58. The zero-order valence-electron chi connectivity index (χ0n) is 14.2. The first kappa shape index (κ1) is 17.0. The Labute approximate surface area is 149 Å². The summed E-state index contributed by atoms with van der Waals surface area (Å²) in [5.41, 5.74) is 1.18. The molecule has 0 bridgehead atoms. The number of hydrogen-bond donors (Lipinski definition) is 0. The molecule has 1 aromatic carbocycles. The highest BCUT2D eigenvalue weighted by Crippen LogP contribution is 2.34. The molecule has 1 aromatic heterocycles. The molecular weight excluding hydrogens is 343 g/mol. The number of ether oxygens (including phenoxy) is 2. The van der Waals surface area contributed by atoms with Gasteiger partial charge in [0, 0.05) is 31.0 Å². The third-order valence-corrected chi connectivity index (χ3v) is 4.92. The second-order valence-electron chi connectivity index (χ2n) is 6.66. The molecule has 0 N–H and O–H groups in total. The number of carbonyl (C=O) groups excluding carboxylic acids is 2. The number of aryl methyl sites for hydroxylation is 1. The van der Waals surface area contributed by atoms with Crippen molar-refractivity contribution >= 4 is 22.9 Å². The average Bonchev–Trinajstić information content (AvgIpc) is 3.06. The van der Waals surface area contributed by atoms with Crippen LogP contribution in [0.2, 0.25) is 0 Å². The van der Waals surface area contributed by atoms with Crippen molar-refractivity contribution in [1.82, 2.24) is 10.1 Å². The molecule has 138 valence electrons. The van der Waals surface area contributed by atoms with E-state index in [4.69, 9.17) is 14.0 Å². The van der Waals surface area contributed by atoms with E-state index in [0.717, 1.165) is 30.3 Å². The number of halogens is 1. The van der Waals surface area contributed by atoms with E-state index in [9.17, 15) is 14.0 Å². The van der Waals surface area contributed by atoms with Crippen LogP contribution in [-0.2, 0) is 25.5 Å². The number of esters is 2. The second-order valence-corrected chi connectivity index (χ2v) is 6.66. The summed E-state index contributed by atoms with van der Waals surface area (Å²) in [5.74, 6) is -3.49. The van der Waals surface area contributed by atoms with Crippen LogP contribution in [0.5, 0.6) is 0 Å². The predicted molar refractivity (Wildman–Crippen MR) is 87.2 cm³/mol. The standard InChI is InChI=1S/C18H19FN2O5/c19-12-6-7-13-14(20-26-15(13)11-12)5-4-10-21-9-3-1-2-8-18(21)24-16(22)17(23)25-18/h6-7,11H,1-5,8-10H2. The number of benzene rings is 1. The van der Waals surface area contributed by atoms with Gasteiger partial charge in [0.1, 0.15) is 5.82 Å². The summed E-state index contributed by atoms with van der Waals surface area (Å²) in [5, 5.41) is 4.81. The summed E-state index contributed by atoms with van der Waals surface area (Å²) < 4.78 is 29.0. The van der Waals surface area contributed by atoms with Crippen molar-refractivity contribution < 1.29 is 28.0 Å². The molecule has 0 amide bonds. The number of likely N-dealkylation sites (tertiary alicyclic amines) is 1. The van der Waals surface area contributed by atoms with Gasteiger partial charge >= 0.3 is 17.8 Å². The fraction of sp³-hybridized carbons (Fsp3) is 0.500. The minimum absolute atomic E-state index is 0.364. The molecule has 2 aliphatic heterocycles. The molecule has 3 heterocycles. The first-order valence-corrected chi connectivity index (χ1v) is 8.83. The first-order valence-electron chi connectivity index (χ1n) is 8.83. The van der Waals surface area contributed by atoms with Crippen molar-refractivity contribution in [1.29, 1.82) is 0 Å². The molecule has 0 saturated carbocycles. The molecule has 4 rings (SSSR count). The van der Waals surface area contributed by atoms with Crippen molar-refractivity contribution in [2.24, 2.45) is 0 Å². The predicted octanol–water partition coefficient (Wildman–Crippen LogP) is 2.53. The largest absolute Gasteiger partial charge is 0.421 e. The molecule has 0 aliphatic carbocycles. The Morgan fingerprint density at radius 1 is 1.15 bits per heavy atom. The maximum Gasteiger partial charge on any atom is 0.421 e. The number of hydrogen-bond acceptors (Lipinski definition) is 7. The van der Waals surface area contributed by atoms with E-state index in [2.05, 4.69) is 5.16 Å². The van der Waals surface area contributed by atoms with Gasteiger partial charge in [-0.3, -0.25) is 0 Å². The fourth-order valence-corrected chi connectivity index (χ4v) is 3.64. The van der Waals surface area contributed by atoms with Crippen LogP contribution in [0.3, 0.4) is 0 Å². The topological polar surface area (TPSA) is 81.9 Å². The molecule has 8 heteroatoms. The van der Waals surface area contributed by atoms with Crippen LogP contribution in [0, 0.1) is 5.82 Å². The van der Waals surface area contributed by atoms with Crippen LogP contribution in [0.1, 0.15) is 37.8 Å². The lowest BCUT2D eigenvalue weighted by Crippen LogP contribution is -2.50. The van der Waals surface area contributed by atoms with E-state index in [1.807, 2.05) is 4.90 Å². The SMILES string of the molecule is O=C1OC2(CCCCCN2CCCc2noc3cc(F)ccc23)OC1=O. The van der Waals surface area contributed by atoms with Crippen molar-refractivity contribution in [3.8, 4) is 0 Å². The van der Waals surface area contributed by atoms with E-state index >= 15 is 0 Å². The highest BCUT2D eigenvalue weighted by Gasteiger charge is 2.52. The maximum absolute atomic E-state index is 13.2. The van der Waals surface area contributed by atoms with Crippen LogP contribution in [-0.4, -0.2) is 41.0 Å². The Balaban J connectivity index is 1.45. The van der Waals surface area contributed by atoms with E-state index in [1.165, 1.54) is 12.1 Å². The van der Waals surface area contributed by atoms with Gasteiger partial charge in [-0.25, -0.2) is 18.9 Å². The van der Waals surface area contributed by atoms with Crippen molar-refractivity contribution in [3.63, 3.8) is 0 Å². The molecule has 0 atom stereocenters. The molecule has 7 nitrogen and oxygen atoms in total. The summed E-state index contributed by atoms with van der Waals surface area (Å²) in [4.78, 5) is 25.0. The third-order valence-electron chi connectivity index (χ3n) is 4.92. The Morgan fingerprint density at radius 3 is 2.77 bits per heavy atom. The van der Waals surface area contributed by atoms with Gasteiger partial charge in [0.15, 0.2) is 5.58 Å². The molecule has 0 radical (unpaired) electrons. The third kappa shape index (κ3) is 3.05. The summed E-state index contributed by atoms with van der Waals surface area (Å²) in [7, 11) is 0. The molecule has 26 heavy (non-hydrogen) atoms. The van der Waals surface area contributed by atoms with Gasteiger partial charge in [0.05, 0.1) is 5.69 Å². The minimum Gasteiger partial charge on any atom is -0.400 e. The van der Waals surface area contributed by atoms with Crippen LogP contribution >= 0.6 is 0 Å². The average molecular weight is 362 g/mol. The van der Waals surface area contributed by atoms with Crippen LogP contribution in [0.25, 0.3) is 11.0 Å². The lowest BCUT2D eigenvalue weighted by atomic mass is 10.1. The summed E-state index contributed by atoms with van der Waals surface area (Å²) in [6.45, 7) is 1.27. The van der Waals surface area contributed by atoms with Gasteiger partial charge < -0.3 is 14.0 Å². The Kier molecular flexibility index (Phi) is 4.36. The molecule has 1 spiro atoms. The van der Waals surface area contributed by atoms with Crippen LogP contribution in [0.4, 0.5) is 4.39 Å². The second kappa shape index (κ2) is 6.68. The zero-order valence-corrected chi connectivity index (χ0v) is 14.2. The number of rotatable bonds is 4. The normalized spacial score (nSPS) is 20.3. The lowest BCUT2D eigenvalue weighted by Gasteiger charge is -2.35. The molecule has 2 fully saturated rings. The van der Waals surface area contributed by atoms with Gasteiger partial charge in [-0.05, 0) is 37.8 Å². The zero-order chi connectivity index (χ0) is 18.1. The molecule has 2 saturated heterocycles. The van der Waals surface area contributed by atoms with Gasteiger partial charge in [0.2, 0.25) is 0 Å². The number of carbonyl (C=O) groups is 2. The van der Waals surface area contributed by atoms with Crippen molar-refractivity contribution in [2.75, 3.05) is 13.1 Å². The van der Waals surface area contributed by atoms with E-state index in [-0.39, 0.29) is 5.82 Å². The minimum atomic E-state index is -1.26. The van der Waals surface area contributed by atoms with Crippen LogP contribution in [0.15, 0.2) is 22.7 Å². The Hall–Kier alpha value is -2.48. The van der Waals surface area contributed by atoms with Gasteiger partial charge in [0.25, 0.3) is 0 Å². The number of fused-ring (bicyclic) bond motifs is 1. The van der Waals surface area contributed by atoms with Gasteiger partial charge in [-0.2, -0.15) is 0 Å². The van der Waals surface area contributed by atoms with Crippen molar-refractivity contribution in [3.05, 3.63) is 29.7 Å². The van der Waals surface area contributed by atoms with Gasteiger partial charge in [-0.15, -0.1) is 0 Å². The van der Waals surface area contributed by atoms with Gasteiger partial charge in [-0.1, -0.05) is 11.6 Å². The molecule has 2 aromatic rings.